The summed E-state index contributed by atoms with van der Waals surface area (Å²) in [5, 5.41) is 18.0. The summed E-state index contributed by atoms with van der Waals surface area (Å²) in [7, 11) is -4.67. The predicted molar refractivity (Wildman–Crippen MR) is 117 cm³/mol. The van der Waals surface area contributed by atoms with Crippen LogP contribution in [0.15, 0.2) is 24.3 Å². The number of allylic oxidation sites excluding steroid dienone is 3. The molecule has 0 heterocycles. The minimum atomic E-state index is -4.67. The third-order valence-electron chi connectivity index (χ3n) is 4.48. The first kappa shape index (κ1) is 29.9. The molecule has 0 rings (SSSR count). The van der Waals surface area contributed by atoms with Crippen LogP contribution in [0.2, 0.25) is 0 Å². The lowest BCUT2D eigenvalue weighted by Gasteiger charge is -2.15. The molecule has 0 aromatic carbocycles. The molecular formula is C21H39O9P. The second-order valence-electron chi connectivity index (χ2n) is 7.34. The normalized spacial score (nSPS) is 14.4. The maximum atomic E-state index is 11.7. The molecule has 2 unspecified atom stereocenters. The Kier molecular flexibility index (Phi) is 18.9. The van der Waals surface area contributed by atoms with Crippen molar-refractivity contribution in [3.8, 4) is 0 Å². The summed E-state index contributed by atoms with van der Waals surface area (Å²) in [6.45, 7) is 1.03. The molecule has 9 nitrogen and oxygen atoms in total. The Morgan fingerprint density at radius 1 is 1.03 bits per heavy atom. The van der Waals surface area contributed by atoms with Crippen molar-refractivity contribution in [2.24, 2.45) is 0 Å². The highest BCUT2D eigenvalue weighted by Gasteiger charge is 2.20. The van der Waals surface area contributed by atoms with Crippen molar-refractivity contribution in [2.75, 3.05) is 13.2 Å². The lowest BCUT2D eigenvalue weighted by Crippen LogP contribution is -2.26. The summed E-state index contributed by atoms with van der Waals surface area (Å²) in [6.07, 6.45) is 16.1. The Balaban J connectivity index is 3.81. The topological polar surface area (TPSA) is 143 Å². The standard InChI is InChI=1S/C21H39O9P/c1-2-3-4-5-6-8-11-14-19(30-24)15-12-9-7-10-13-16-21(23)29-20(17-22)18-28-31(25,26)27/h6,8,11,14,19-20,22,24H,2-5,7,9-10,12-13,15-18H2,1H3,(H2,25,26,27)/b8-6-,14-11+. The summed E-state index contributed by atoms with van der Waals surface area (Å²) in [4.78, 5) is 33.4. The molecule has 0 bridgehead atoms. The number of aliphatic hydroxyl groups is 1. The molecule has 0 fully saturated rings. The lowest BCUT2D eigenvalue weighted by molar-refractivity contribution is -0.267. The molecule has 10 heteroatoms. The maximum absolute atomic E-state index is 11.7. The highest BCUT2D eigenvalue weighted by Crippen LogP contribution is 2.35. The number of phosphoric acid groups is 1. The molecule has 0 aliphatic carbocycles. The fraction of sp³-hybridized carbons (Fsp3) is 0.762. The molecule has 0 radical (unpaired) electrons. The van der Waals surface area contributed by atoms with Crippen molar-refractivity contribution in [3.63, 3.8) is 0 Å². The van der Waals surface area contributed by atoms with E-state index in [9.17, 15) is 9.36 Å². The van der Waals surface area contributed by atoms with Gasteiger partial charge in [0.1, 0.15) is 12.2 Å². The van der Waals surface area contributed by atoms with Crippen molar-refractivity contribution in [1.82, 2.24) is 0 Å². The SMILES string of the molecule is CCCCC/C=C\C=C\C(CCCCCCCC(=O)OC(CO)COP(=O)(O)O)OO. The predicted octanol–water partition coefficient (Wildman–Crippen LogP) is 4.28. The van der Waals surface area contributed by atoms with Crippen molar-refractivity contribution in [1.29, 1.82) is 0 Å². The molecule has 0 saturated heterocycles. The minimum absolute atomic E-state index is 0.155. The summed E-state index contributed by atoms with van der Waals surface area (Å²) in [5.41, 5.74) is 0. The van der Waals surface area contributed by atoms with Gasteiger partial charge in [-0.3, -0.25) is 14.6 Å². The number of rotatable bonds is 20. The van der Waals surface area contributed by atoms with Crippen LogP contribution in [-0.2, 0) is 23.5 Å². The Morgan fingerprint density at radius 2 is 1.74 bits per heavy atom. The highest BCUT2D eigenvalue weighted by molar-refractivity contribution is 7.46. The second kappa shape index (κ2) is 19.6. The van der Waals surface area contributed by atoms with Crippen LogP contribution in [0, 0.1) is 0 Å². The van der Waals surface area contributed by atoms with E-state index in [0.717, 1.165) is 32.1 Å². The number of ether oxygens (including phenoxy) is 1. The van der Waals surface area contributed by atoms with Crippen molar-refractivity contribution in [2.45, 2.75) is 89.8 Å². The van der Waals surface area contributed by atoms with Gasteiger partial charge in [-0.2, -0.15) is 0 Å². The summed E-state index contributed by atoms with van der Waals surface area (Å²) in [6, 6.07) is 0. The van der Waals surface area contributed by atoms with E-state index in [1.807, 2.05) is 18.2 Å². The molecule has 31 heavy (non-hydrogen) atoms. The Hall–Kier alpha value is -1.06. The number of unbranched alkanes of at least 4 members (excludes halogenated alkanes) is 7. The van der Waals surface area contributed by atoms with Gasteiger partial charge in [0.2, 0.25) is 0 Å². The summed E-state index contributed by atoms with van der Waals surface area (Å²) >= 11 is 0. The van der Waals surface area contributed by atoms with Crippen LogP contribution in [0.5, 0.6) is 0 Å². The van der Waals surface area contributed by atoms with Gasteiger partial charge in [-0.05, 0) is 25.7 Å². The van der Waals surface area contributed by atoms with Gasteiger partial charge in [0.15, 0.2) is 0 Å². The van der Waals surface area contributed by atoms with Gasteiger partial charge in [-0.25, -0.2) is 9.45 Å². The summed E-state index contributed by atoms with van der Waals surface area (Å²) < 4.78 is 19.8. The van der Waals surface area contributed by atoms with Gasteiger partial charge in [-0.1, -0.05) is 69.8 Å². The molecule has 0 aliphatic rings. The zero-order valence-corrected chi connectivity index (χ0v) is 19.3. The average molecular weight is 467 g/mol. The third-order valence-corrected chi connectivity index (χ3v) is 4.97. The Labute approximate surface area is 185 Å². The Bertz CT molecular complexity index is 545. The molecule has 0 saturated carbocycles. The maximum Gasteiger partial charge on any atom is 0.469 e. The van der Waals surface area contributed by atoms with Crippen molar-refractivity contribution >= 4 is 13.8 Å². The summed E-state index contributed by atoms with van der Waals surface area (Å²) in [5.74, 6) is -0.546. The van der Waals surface area contributed by atoms with E-state index >= 15 is 0 Å². The van der Waals surface area contributed by atoms with E-state index < -0.39 is 33.1 Å². The number of phosphoric ester groups is 1. The van der Waals surface area contributed by atoms with Crippen molar-refractivity contribution in [3.05, 3.63) is 24.3 Å². The smallest absolute Gasteiger partial charge is 0.457 e. The molecule has 0 amide bonds. The van der Waals surface area contributed by atoms with E-state index in [-0.39, 0.29) is 12.5 Å². The van der Waals surface area contributed by atoms with Crippen LogP contribution in [0.3, 0.4) is 0 Å². The minimum Gasteiger partial charge on any atom is -0.457 e. The van der Waals surface area contributed by atoms with Gasteiger partial charge < -0.3 is 19.6 Å². The largest absolute Gasteiger partial charge is 0.469 e. The van der Waals surface area contributed by atoms with Crippen LogP contribution < -0.4 is 0 Å². The molecule has 4 N–H and O–H groups in total. The number of aliphatic hydroxyl groups excluding tert-OH is 1. The monoisotopic (exact) mass is 466 g/mol. The van der Waals surface area contributed by atoms with E-state index in [1.165, 1.54) is 19.3 Å². The third kappa shape index (κ3) is 20.6. The first-order chi connectivity index (χ1) is 14.8. The number of hydrogen-bond donors (Lipinski definition) is 4. The average Bonchev–Trinajstić information content (AvgIpc) is 2.73. The van der Waals surface area contributed by atoms with E-state index in [1.54, 1.807) is 0 Å². The van der Waals surface area contributed by atoms with Gasteiger partial charge >= 0.3 is 13.8 Å². The first-order valence-corrected chi connectivity index (χ1v) is 12.5. The van der Waals surface area contributed by atoms with Crippen LogP contribution in [0.4, 0.5) is 0 Å². The van der Waals surface area contributed by atoms with E-state index in [4.69, 9.17) is 24.9 Å². The lowest BCUT2D eigenvalue weighted by atomic mass is 10.1. The van der Waals surface area contributed by atoms with Gasteiger partial charge in [0.05, 0.1) is 13.2 Å². The van der Waals surface area contributed by atoms with Crippen LogP contribution in [-0.4, -0.2) is 51.5 Å². The van der Waals surface area contributed by atoms with Gasteiger partial charge in [0.25, 0.3) is 0 Å². The quantitative estimate of drug-likeness (QED) is 0.0516. The molecule has 2 atom stereocenters. The van der Waals surface area contributed by atoms with E-state index in [0.29, 0.717) is 12.8 Å². The molecule has 0 aromatic heterocycles. The number of hydrogen-bond acceptors (Lipinski definition) is 7. The second-order valence-corrected chi connectivity index (χ2v) is 8.58. The number of carbonyl (C=O) groups is 1. The zero-order chi connectivity index (χ0) is 23.4. The van der Waals surface area contributed by atoms with Gasteiger partial charge in [0, 0.05) is 6.42 Å². The number of carbonyl (C=O) groups excluding carboxylic acids is 1. The molecular weight excluding hydrogens is 427 g/mol. The van der Waals surface area contributed by atoms with Crippen LogP contribution in [0.1, 0.15) is 77.6 Å². The van der Waals surface area contributed by atoms with Crippen LogP contribution in [0.25, 0.3) is 0 Å². The zero-order valence-electron chi connectivity index (χ0n) is 18.4. The molecule has 0 aliphatic heterocycles. The van der Waals surface area contributed by atoms with E-state index in [2.05, 4.69) is 22.4 Å². The highest BCUT2D eigenvalue weighted by atomic mass is 31.2. The first-order valence-electron chi connectivity index (χ1n) is 11.0. The molecule has 0 spiro atoms. The Morgan fingerprint density at radius 3 is 2.39 bits per heavy atom. The van der Waals surface area contributed by atoms with Gasteiger partial charge in [-0.15, -0.1) is 0 Å². The molecule has 182 valence electrons. The fourth-order valence-electron chi connectivity index (χ4n) is 2.75. The number of esters is 1. The fourth-order valence-corrected chi connectivity index (χ4v) is 3.11. The molecule has 0 aromatic rings. The van der Waals surface area contributed by atoms with Crippen molar-refractivity contribution < 1.29 is 43.7 Å². The van der Waals surface area contributed by atoms with Crippen LogP contribution >= 0.6 is 7.82 Å².